The molecule has 4 bridgehead atoms. The molecule has 4 saturated carbocycles. The lowest BCUT2D eigenvalue weighted by Crippen LogP contribution is -2.50. The Morgan fingerprint density at radius 2 is 1.62 bits per heavy atom. The van der Waals surface area contributed by atoms with Gasteiger partial charge in [0.25, 0.3) is 0 Å². The number of rotatable bonds is 2. The maximum atomic E-state index is 12.0. The van der Waals surface area contributed by atoms with Crippen LogP contribution >= 0.6 is 12.2 Å². The van der Waals surface area contributed by atoms with Crippen LogP contribution in [0, 0.1) is 23.2 Å². The van der Waals surface area contributed by atoms with Crippen LogP contribution in [-0.2, 0) is 10.8 Å². The van der Waals surface area contributed by atoms with E-state index < -0.39 is 10.8 Å². The Hall–Kier alpha value is 0.240. The van der Waals surface area contributed by atoms with Gasteiger partial charge in [-0.2, -0.15) is 0 Å². The highest BCUT2D eigenvalue weighted by atomic mass is 32.2. The van der Waals surface area contributed by atoms with Crippen LogP contribution in [0.1, 0.15) is 45.4 Å². The summed E-state index contributed by atoms with van der Waals surface area (Å²) in [6.45, 7) is 1.99. The Balaban J connectivity index is 1.88. The molecule has 0 amide bonds. The molecule has 0 heterocycles. The van der Waals surface area contributed by atoms with Crippen molar-refractivity contribution in [2.75, 3.05) is 5.75 Å². The molecular weight excluding hydrogens is 236 g/mol. The Morgan fingerprint density at radius 1 is 1.19 bits per heavy atom. The van der Waals surface area contributed by atoms with Gasteiger partial charge in [-0.15, -0.1) is 0 Å². The summed E-state index contributed by atoms with van der Waals surface area (Å²) in [7, 11) is -0.852. The minimum absolute atomic E-state index is 0.213. The number of hydrogen-bond acceptors (Lipinski definition) is 2. The SMILES string of the molecule is CCS(=O)C(=S)C12CC3CC(CC(C3)C1)C2. The maximum Gasteiger partial charge on any atom is 0.0853 e. The van der Waals surface area contributed by atoms with E-state index in [1.165, 1.54) is 38.5 Å². The molecule has 0 N–H and O–H groups in total. The second-order valence-electron chi connectivity index (χ2n) is 6.12. The third kappa shape index (κ3) is 1.62. The summed E-state index contributed by atoms with van der Waals surface area (Å²) in [5.74, 6) is 3.41. The molecule has 0 radical (unpaired) electrons. The molecule has 0 saturated heterocycles. The first-order chi connectivity index (χ1) is 7.63. The minimum atomic E-state index is -0.852. The van der Waals surface area contributed by atoms with Crippen LogP contribution in [0.25, 0.3) is 0 Å². The molecule has 4 rings (SSSR count). The molecule has 3 heteroatoms. The first-order valence-electron chi connectivity index (χ1n) is 6.56. The van der Waals surface area contributed by atoms with E-state index in [1.807, 2.05) is 6.92 Å². The summed E-state index contributed by atoms with van der Waals surface area (Å²) in [4.78, 5) is 0. The smallest absolute Gasteiger partial charge is 0.0853 e. The van der Waals surface area contributed by atoms with E-state index in [0.29, 0.717) is 5.75 Å². The van der Waals surface area contributed by atoms with E-state index in [4.69, 9.17) is 12.2 Å². The van der Waals surface area contributed by atoms with Crippen LogP contribution in [0.2, 0.25) is 0 Å². The Morgan fingerprint density at radius 3 is 2.00 bits per heavy atom. The second-order valence-corrected chi connectivity index (χ2v) is 8.46. The fraction of sp³-hybridized carbons (Fsp3) is 0.923. The Kier molecular flexibility index (Phi) is 2.75. The van der Waals surface area contributed by atoms with Gasteiger partial charge in [-0.3, -0.25) is 4.21 Å². The monoisotopic (exact) mass is 256 g/mol. The van der Waals surface area contributed by atoms with Crippen molar-refractivity contribution in [1.29, 1.82) is 0 Å². The standard InChI is InChI=1S/C13H20OS2/c1-2-16(14)12(15)13-6-9-3-10(7-13)5-11(4-9)8-13/h9-11H,2-8H2,1H3. The van der Waals surface area contributed by atoms with Gasteiger partial charge in [0.15, 0.2) is 0 Å². The Labute approximate surface area is 106 Å². The minimum Gasteiger partial charge on any atom is -0.254 e. The summed E-state index contributed by atoms with van der Waals surface area (Å²) in [5.41, 5.74) is 0.213. The largest absolute Gasteiger partial charge is 0.254 e. The van der Waals surface area contributed by atoms with Crippen LogP contribution in [0.15, 0.2) is 0 Å². The van der Waals surface area contributed by atoms with Gasteiger partial charge in [0.05, 0.1) is 15.0 Å². The van der Waals surface area contributed by atoms with E-state index in [2.05, 4.69) is 0 Å². The van der Waals surface area contributed by atoms with Crippen LogP contribution in [0.5, 0.6) is 0 Å². The van der Waals surface area contributed by atoms with Crippen LogP contribution in [0.3, 0.4) is 0 Å². The van der Waals surface area contributed by atoms with Gasteiger partial charge in [-0.05, 0) is 56.3 Å². The first-order valence-corrected chi connectivity index (χ1v) is 8.28. The molecular formula is C13H20OS2. The van der Waals surface area contributed by atoms with Crippen molar-refractivity contribution < 1.29 is 4.21 Å². The van der Waals surface area contributed by atoms with Crippen LogP contribution in [0.4, 0.5) is 0 Å². The highest BCUT2D eigenvalue weighted by Gasteiger charge is 2.53. The van der Waals surface area contributed by atoms with Gasteiger partial charge in [0.2, 0.25) is 0 Å². The van der Waals surface area contributed by atoms with Crippen LogP contribution < -0.4 is 0 Å². The summed E-state index contributed by atoms with van der Waals surface area (Å²) in [6, 6.07) is 0. The quantitative estimate of drug-likeness (QED) is 0.705. The van der Waals surface area contributed by atoms with E-state index >= 15 is 0 Å². The molecule has 0 aromatic heterocycles. The van der Waals surface area contributed by atoms with Crippen molar-refractivity contribution in [2.24, 2.45) is 23.2 Å². The highest BCUT2D eigenvalue weighted by Crippen LogP contribution is 2.60. The molecule has 0 aromatic rings. The molecule has 1 unspecified atom stereocenters. The molecule has 0 aliphatic heterocycles. The van der Waals surface area contributed by atoms with E-state index in [-0.39, 0.29) is 5.41 Å². The summed E-state index contributed by atoms with van der Waals surface area (Å²) in [5, 5.41) is 0. The molecule has 0 spiro atoms. The maximum absolute atomic E-state index is 12.0. The van der Waals surface area contributed by atoms with Crippen LogP contribution in [-0.4, -0.2) is 14.2 Å². The molecule has 1 nitrogen and oxygen atoms in total. The zero-order valence-electron chi connectivity index (χ0n) is 9.91. The third-order valence-electron chi connectivity index (χ3n) is 4.94. The van der Waals surface area contributed by atoms with Gasteiger partial charge in [-0.1, -0.05) is 19.1 Å². The molecule has 4 aliphatic carbocycles. The second kappa shape index (κ2) is 3.88. The lowest BCUT2D eigenvalue weighted by Gasteiger charge is -2.56. The molecule has 90 valence electrons. The van der Waals surface area contributed by atoms with E-state index in [0.717, 1.165) is 22.0 Å². The van der Waals surface area contributed by atoms with Crippen molar-refractivity contribution in [3.63, 3.8) is 0 Å². The summed E-state index contributed by atoms with van der Waals surface area (Å²) in [6.07, 6.45) is 8.05. The van der Waals surface area contributed by atoms with Gasteiger partial charge < -0.3 is 0 Å². The topological polar surface area (TPSA) is 17.1 Å². The van der Waals surface area contributed by atoms with Gasteiger partial charge in [0.1, 0.15) is 0 Å². The molecule has 1 atom stereocenters. The van der Waals surface area contributed by atoms with Gasteiger partial charge >= 0.3 is 0 Å². The summed E-state index contributed by atoms with van der Waals surface area (Å²) < 4.78 is 12.9. The van der Waals surface area contributed by atoms with Gasteiger partial charge in [0, 0.05) is 11.2 Å². The predicted octanol–water partition coefficient (Wildman–Crippen LogP) is 3.30. The first kappa shape index (κ1) is 11.3. The fourth-order valence-electron chi connectivity index (χ4n) is 4.73. The zero-order valence-corrected chi connectivity index (χ0v) is 11.5. The average Bonchev–Trinajstić information content (AvgIpc) is 2.25. The highest BCUT2D eigenvalue weighted by molar-refractivity contribution is 8.13. The van der Waals surface area contributed by atoms with E-state index in [9.17, 15) is 4.21 Å². The number of hydrogen-bond donors (Lipinski definition) is 0. The fourth-order valence-corrected chi connectivity index (χ4v) is 6.33. The molecule has 16 heavy (non-hydrogen) atoms. The van der Waals surface area contributed by atoms with Crippen molar-refractivity contribution in [3.05, 3.63) is 0 Å². The summed E-state index contributed by atoms with van der Waals surface area (Å²) >= 11 is 5.57. The molecule has 0 aromatic carbocycles. The van der Waals surface area contributed by atoms with Crippen molar-refractivity contribution in [1.82, 2.24) is 0 Å². The van der Waals surface area contributed by atoms with Crippen molar-refractivity contribution >= 4 is 27.2 Å². The predicted molar refractivity (Wildman–Crippen MR) is 71.9 cm³/mol. The lowest BCUT2D eigenvalue weighted by molar-refractivity contribution is -0.00951. The third-order valence-corrected chi connectivity index (χ3v) is 7.30. The number of thiocarbonyl (C=S) groups is 1. The zero-order chi connectivity index (χ0) is 11.3. The molecule has 4 fully saturated rings. The lowest BCUT2D eigenvalue weighted by atomic mass is 9.50. The Bertz CT molecular complexity index is 313. The average molecular weight is 256 g/mol. The van der Waals surface area contributed by atoms with Crippen molar-refractivity contribution in [2.45, 2.75) is 45.4 Å². The normalized spacial score (nSPS) is 46.9. The molecule has 4 aliphatic rings. The van der Waals surface area contributed by atoms with Gasteiger partial charge in [-0.25, -0.2) is 0 Å². The van der Waals surface area contributed by atoms with Crippen molar-refractivity contribution in [3.8, 4) is 0 Å². The van der Waals surface area contributed by atoms with E-state index in [1.54, 1.807) is 0 Å².